The number of methoxy groups -OCH3 is 1. The number of hydrogen-bond acceptors (Lipinski definition) is 4. The lowest BCUT2D eigenvalue weighted by atomic mass is 10.2. The van der Waals surface area contributed by atoms with E-state index in [-0.39, 0.29) is 4.90 Å². The van der Waals surface area contributed by atoms with Crippen LogP contribution in [0.3, 0.4) is 0 Å². The number of nitrogens with two attached hydrogens (primary N) is 1. The molecule has 0 heterocycles. The molecule has 21 heavy (non-hydrogen) atoms. The Balaban J connectivity index is 2.44. The van der Waals surface area contributed by atoms with E-state index in [1.165, 1.54) is 13.2 Å². The third kappa shape index (κ3) is 3.28. The molecular formula is C15H18N2O3S. The van der Waals surface area contributed by atoms with Gasteiger partial charge in [-0.2, -0.15) is 0 Å². The molecule has 0 aliphatic heterocycles. The SMILES string of the molecule is COc1ccc(C)cc1NS(=O)(=O)c1ccc(N)cc1C. The molecule has 0 saturated carbocycles. The first-order valence-electron chi connectivity index (χ1n) is 6.37. The van der Waals surface area contributed by atoms with Gasteiger partial charge in [-0.3, -0.25) is 4.72 Å². The number of nitrogen functional groups attached to an aromatic ring is 1. The quantitative estimate of drug-likeness (QED) is 0.851. The summed E-state index contributed by atoms with van der Waals surface area (Å²) in [6.45, 7) is 3.59. The molecule has 2 aromatic carbocycles. The van der Waals surface area contributed by atoms with E-state index in [0.29, 0.717) is 22.7 Å². The van der Waals surface area contributed by atoms with Crippen LogP contribution in [0.1, 0.15) is 11.1 Å². The lowest BCUT2D eigenvalue weighted by Crippen LogP contribution is -2.15. The van der Waals surface area contributed by atoms with Crippen molar-refractivity contribution >= 4 is 21.4 Å². The molecule has 5 nitrogen and oxygen atoms in total. The van der Waals surface area contributed by atoms with Gasteiger partial charge in [0.1, 0.15) is 5.75 Å². The molecule has 2 rings (SSSR count). The van der Waals surface area contributed by atoms with E-state index in [1.54, 1.807) is 31.2 Å². The number of benzene rings is 2. The predicted molar refractivity (Wildman–Crippen MR) is 84.1 cm³/mol. The van der Waals surface area contributed by atoms with E-state index >= 15 is 0 Å². The van der Waals surface area contributed by atoms with Crippen LogP contribution >= 0.6 is 0 Å². The Morgan fingerprint density at radius 3 is 2.43 bits per heavy atom. The van der Waals surface area contributed by atoms with Crippen molar-refractivity contribution in [3.05, 3.63) is 47.5 Å². The fraction of sp³-hybridized carbons (Fsp3) is 0.200. The van der Waals surface area contributed by atoms with Crippen LogP contribution in [0.2, 0.25) is 0 Å². The van der Waals surface area contributed by atoms with Crippen molar-refractivity contribution in [2.24, 2.45) is 0 Å². The first kappa shape index (κ1) is 15.2. The number of sulfonamides is 1. The van der Waals surface area contributed by atoms with E-state index in [0.717, 1.165) is 5.56 Å². The molecule has 0 aliphatic rings. The minimum absolute atomic E-state index is 0.195. The highest BCUT2D eigenvalue weighted by atomic mass is 32.2. The summed E-state index contributed by atoms with van der Waals surface area (Å²) in [4.78, 5) is 0.195. The third-order valence-corrected chi connectivity index (χ3v) is 4.61. The maximum Gasteiger partial charge on any atom is 0.262 e. The summed E-state index contributed by atoms with van der Waals surface area (Å²) in [6.07, 6.45) is 0. The number of nitrogens with one attached hydrogen (secondary N) is 1. The maximum atomic E-state index is 12.5. The number of rotatable bonds is 4. The first-order chi connectivity index (χ1) is 9.83. The highest BCUT2D eigenvalue weighted by Gasteiger charge is 2.18. The molecule has 112 valence electrons. The van der Waals surface area contributed by atoms with Crippen molar-refractivity contribution in [3.8, 4) is 5.75 Å². The zero-order valence-corrected chi connectivity index (χ0v) is 13.0. The standard InChI is InChI=1S/C15H18N2O3S/c1-10-4-6-14(20-3)13(8-10)17-21(18,19)15-7-5-12(16)9-11(15)2/h4-9,17H,16H2,1-3H3. The second-order valence-corrected chi connectivity index (χ2v) is 6.48. The Kier molecular flexibility index (Phi) is 4.09. The fourth-order valence-electron chi connectivity index (χ4n) is 2.08. The van der Waals surface area contributed by atoms with Gasteiger partial charge < -0.3 is 10.5 Å². The van der Waals surface area contributed by atoms with Crippen molar-refractivity contribution < 1.29 is 13.2 Å². The molecule has 0 aliphatic carbocycles. The van der Waals surface area contributed by atoms with Crippen LogP contribution in [0.15, 0.2) is 41.3 Å². The Bertz CT molecular complexity index is 770. The van der Waals surface area contributed by atoms with Gasteiger partial charge in [-0.15, -0.1) is 0 Å². The monoisotopic (exact) mass is 306 g/mol. The lowest BCUT2D eigenvalue weighted by molar-refractivity contribution is 0.417. The lowest BCUT2D eigenvalue weighted by Gasteiger charge is -2.14. The Labute approximate surface area is 124 Å². The first-order valence-corrected chi connectivity index (χ1v) is 7.85. The zero-order chi connectivity index (χ0) is 15.6. The molecule has 0 atom stereocenters. The summed E-state index contributed by atoms with van der Waals surface area (Å²) < 4.78 is 32.8. The zero-order valence-electron chi connectivity index (χ0n) is 12.2. The number of anilines is 2. The largest absolute Gasteiger partial charge is 0.495 e. The van der Waals surface area contributed by atoms with Crippen LogP contribution in [0.25, 0.3) is 0 Å². The van der Waals surface area contributed by atoms with Crippen LogP contribution in [-0.2, 0) is 10.0 Å². The third-order valence-electron chi connectivity index (χ3n) is 3.09. The van der Waals surface area contributed by atoms with Crippen molar-refractivity contribution in [2.75, 3.05) is 17.6 Å². The Morgan fingerprint density at radius 1 is 1.10 bits per heavy atom. The van der Waals surface area contributed by atoms with Crippen LogP contribution in [-0.4, -0.2) is 15.5 Å². The van der Waals surface area contributed by atoms with E-state index < -0.39 is 10.0 Å². The van der Waals surface area contributed by atoms with Crippen LogP contribution in [0.4, 0.5) is 11.4 Å². The van der Waals surface area contributed by atoms with Gasteiger partial charge >= 0.3 is 0 Å². The summed E-state index contributed by atoms with van der Waals surface area (Å²) >= 11 is 0. The van der Waals surface area contributed by atoms with Gasteiger partial charge in [0.25, 0.3) is 10.0 Å². The summed E-state index contributed by atoms with van der Waals surface area (Å²) in [7, 11) is -2.20. The molecule has 2 aromatic rings. The average molecular weight is 306 g/mol. The van der Waals surface area contributed by atoms with E-state index in [9.17, 15) is 8.42 Å². The van der Waals surface area contributed by atoms with Crippen LogP contribution in [0, 0.1) is 13.8 Å². The van der Waals surface area contributed by atoms with Crippen molar-refractivity contribution in [2.45, 2.75) is 18.7 Å². The molecule has 0 spiro atoms. The smallest absolute Gasteiger partial charge is 0.262 e. The van der Waals surface area contributed by atoms with E-state index in [4.69, 9.17) is 10.5 Å². The molecule has 3 N–H and O–H groups in total. The topological polar surface area (TPSA) is 81.4 Å². The van der Waals surface area contributed by atoms with E-state index in [2.05, 4.69) is 4.72 Å². The second-order valence-electron chi connectivity index (χ2n) is 4.83. The molecule has 0 aromatic heterocycles. The average Bonchev–Trinajstić information content (AvgIpc) is 2.37. The molecule has 6 heteroatoms. The van der Waals surface area contributed by atoms with Gasteiger partial charge in [0, 0.05) is 5.69 Å². The summed E-state index contributed by atoms with van der Waals surface area (Å²) in [5.74, 6) is 0.470. The molecule has 0 saturated heterocycles. The summed E-state index contributed by atoms with van der Waals surface area (Å²) in [6, 6.07) is 9.99. The van der Waals surface area contributed by atoms with Crippen LogP contribution < -0.4 is 15.2 Å². The van der Waals surface area contributed by atoms with Gasteiger partial charge in [0.05, 0.1) is 17.7 Å². The molecule has 0 amide bonds. The van der Waals surface area contributed by atoms with Gasteiger partial charge in [0.15, 0.2) is 0 Å². The van der Waals surface area contributed by atoms with Gasteiger partial charge in [-0.25, -0.2) is 8.42 Å². The van der Waals surface area contributed by atoms with Crippen molar-refractivity contribution in [1.29, 1.82) is 0 Å². The molecule has 0 bridgehead atoms. The fourth-order valence-corrected chi connectivity index (χ4v) is 3.36. The number of aryl methyl sites for hydroxylation is 2. The summed E-state index contributed by atoms with van der Waals surface area (Å²) in [5.41, 5.74) is 8.12. The molecule has 0 radical (unpaired) electrons. The molecule has 0 fully saturated rings. The van der Waals surface area contributed by atoms with Gasteiger partial charge in [-0.1, -0.05) is 6.07 Å². The minimum Gasteiger partial charge on any atom is -0.495 e. The summed E-state index contributed by atoms with van der Waals surface area (Å²) in [5, 5.41) is 0. The van der Waals surface area contributed by atoms with Crippen molar-refractivity contribution in [3.63, 3.8) is 0 Å². The highest BCUT2D eigenvalue weighted by Crippen LogP contribution is 2.28. The highest BCUT2D eigenvalue weighted by molar-refractivity contribution is 7.92. The van der Waals surface area contributed by atoms with E-state index in [1.807, 2.05) is 13.0 Å². The predicted octanol–water partition coefficient (Wildman–Crippen LogP) is 2.70. The second kappa shape index (κ2) is 5.65. The minimum atomic E-state index is -3.70. The normalized spacial score (nSPS) is 11.2. The number of hydrogen-bond donors (Lipinski definition) is 2. The molecule has 0 unspecified atom stereocenters. The Hall–Kier alpha value is -2.21. The maximum absolute atomic E-state index is 12.5. The van der Waals surface area contributed by atoms with Crippen LogP contribution in [0.5, 0.6) is 5.75 Å². The Morgan fingerprint density at radius 2 is 1.81 bits per heavy atom. The van der Waals surface area contributed by atoms with Gasteiger partial charge in [-0.05, 0) is 55.3 Å². The van der Waals surface area contributed by atoms with Gasteiger partial charge in [0.2, 0.25) is 0 Å². The molecular weight excluding hydrogens is 288 g/mol. The number of ether oxygens (including phenoxy) is 1. The van der Waals surface area contributed by atoms with Crippen molar-refractivity contribution in [1.82, 2.24) is 0 Å².